The topological polar surface area (TPSA) is 75.2 Å². The molecule has 0 aromatic heterocycles. The first-order chi connectivity index (χ1) is 12.9. The summed E-state index contributed by atoms with van der Waals surface area (Å²) in [6.45, 7) is 8.52. The minimum Gasteiger partial charge on any atom is -0.493 e. The predicted molar refractivity (Wildman–Crippen MR) is 107 cm³/mol. The summed E-state index contributed by atoms with van der Waals surface area (Å²) in [5.74, 6) is 2.33. The smallest absolute Gasteiger partial charge is 0.227 e. The molecule has 1 heterocycles. The highest BCUT2D eigenvalue weighted by atomic mass is 16.5. The quantitative estimate of drug-likeness (QED) is 0.585. The van der Waals surface area contributed by atoms with Gasteiger partial charge in [0.1, 0.15) is 0 Å². The van der Waals surface area contributed by atoms with Crippen molar-refractivity contribution in [3.8, 4) is 11.5 Å². The second-order valence-electron chi connectivity index (χ2n) is 7.29. The molecule has 1 aromatic carbocycles. The van der Waals surface area contributed by atoms with E-state index in [1.54, 1.807) is 21.3 Å². The van der Waals surface area contributed by atoms with Crippen LogP contribution >= 0.6 is 0 Å². The van der Waals surface area contributed by atoms with Crippen LogP contribution in [-0.2, 0) is 17.8 Å². The Hall–Kier alpha value is -2.44. The molecule has 2 rings (SSSR count). The molecule has 1 aliphatic rings. The minimum atomic E-state index is -0.518. The van der Waals surface area contributed by atoms with E-state index in [4.69, 9.17) is 9.47 Å². The number of ether oxygens (including phenoxy) is 2. The SMILES string of the molecule is CCNC(=O)C(C)(C)CNC(=NC)N1CCc2cc(OC)c(OC)cc2C1. The Labute approximate surface area is 162 Å². The van der Waals surface area contributed by atoms with Crippen molar-refractivity contribution in [1.29, 1.82) is 0 Å². The van der Waals surface area contributed by atoms with E-state index in [1.165, 1.54) is 11.1 Å². The highest BCUT2D eigenvalue weighted by Gasteiger charge is 2.28. The molecular formula is C20H32N4O3. The molecule has 0 unspecified atom stereocenters. The third-order valence-corrected chi connectivity index (χ3v) is 4.87. The van der Waals surface area contributed by atoms with Gasteiger partial charge in [0.05, 0.1) is 19.6 Å². The first-order valence-corrected chi connectivity index (χ1v) is 9.34. The standard InChI is InChI=1S/C20H32N4O3/c1-7-22-18(25)20(2,3)13-23-19(21-4)24-9-8-14-10-16(26-5)17(27-6)11-15(14)12-24/h10-11H,7-9,12-13H2,1-6H3,(H,21,23)(H,22,25). The molecule has 0 aliphatic carbocycles. The molecule has 0 atom stereocenters. The summed E-state index contributed by atoms with van der Waals surface area (Å²) in [4.78, 5) is 18.8. The van der Waals surface area contributed by atoms with Gasteiger partial charge >= 0.3 is 0 Å². The monoisotopic (exact) mass is 376 g/mol. The first-order valence-electron chi connectivity index (χ1n) is 9.34. The van der Waals surface area contributed by atoms with Crippen molar-refractivity contribution in [2.24, 2.45) is 10.4 Å². The zero-order chi connectivity index (χ0) is 20.0. The van der Waals surface area contributed by atoms with Crippen molar-refractivity contribution in [3.05, 3.63) is 23.3 Å². The summed E-state index contributed by atoms with van der Waals surface area (Å²) < 4.78 is 10.8. The molecule has 0 bridgehead atoms. The van der Waals surface area contributed by atoms with Crippen LogP contribution < -0.4 is 20.1 Å². The lowest BCUT2D eigenvalue weighted by atomic mass is 9.92. The van der Waals surface area contributed by atoms with Gasteiger partial charge in [0.25, 0.3) is 0 Å². The number of methoxy groups -OCH3 is 2. The number of carbonyl (C=O) groups excluding carboxylic acids is 1. The lowest BCUT2D eigenvalue weighted by Crippen LogP contribution is -2.50. The number of nitrogens with one attached hydrogen (secondary N) is 2. The zero-order valence-corrected chi connectivity index (χ0v) is 17.3. The maximum Gasteiger partial charge on any atom is 0.227 e. The number of amides is 1. The Bertz CT molecular complexity index is 701. The molecule has 0 radical (unpaired) electrons. The Morgan fingerprint density at radius 1 is 1.19 bits per heavy atom. The van der Waals surface area contributed by atoms with Crippen LogP contribution in [0.5, 0.6) is 11.5 Å². The van der Waals surface area contributed by atoms with Gasteiger partial charge < -0.3 is 25.0 Å². The number of nitrogens with zero attached hydrogens (tertiary/aromatic N) is 2. The van der Waals surface area contributed by atoms with Gasteiger partial charge in [0.2, 0.25) is 5.91 Å². The Morgan fingerprint density at radius 3 is 2.37 bits per heavy atom. The molecule has 0 fully saturated rings. The molecule has 1 aromatic rings. The minimum absolute atomic E-state index is 0.0359. The molecule has 150 valence electrons. The molecule has 0 spiro atoms. The van der Waals surface area contributed by atoms with Gasteiger partial charge in [-0.05, 0) is 50.5 Å². The van der Waals surface area contributed by atoms with Gasteiger partial charge in [0, 0.05) is 33.2 Å². The van der Waals surface area contributed by atoms with E-state index in [-0.39, 0.29) is 5.91 Å². The molecule has 7 heteroatoms. The van der Waals surface area contributed by atoms with Crippen molar-refractivity contribution in [2.45, 2.75) is 33.7 Å². The fourth-order valence-corrected chi connectivity index (χ4v) is 3.18. The maximum absolute atomic E-state index is 12.2. The highest BCUT2D eigenvalue weighted by Crippen LogP contribution is 2.33. The zero-order valence-electron chi connectivity index (χ0n) is 17.3. The van der Waals surface area contributed by atoms with Gasteiger partial charge in [-0.15, -0.1) is 0 Å². The van der Waals surface area contributed by atoms with Gasteiger partial charge in [0.15, 0.2) is 17.5 Å². The van der Waals surface area contributed by atoms with E-state index < -0.39 is 5.41 Å². The number of guanidine groups is 1. The third kappa shape index (κ3) is 4.84. The molecule has 1 aliphatic heterocycles. The van der Waals surface area contributed by atoms with Crippen LogP contribution in [0.15, 0.2) is 17.1 Å². The molecular weight excluding hydrogens is 344 g/mol. The van der Waals surface area contributed by atoms with Crippen molar-refractivity contribution >= 4 is 11.9 Å². The number of carbonyl (C=O) groups is 1. The number of hydrogen-bond acceptors (Lipinski definition) is 4. The normalized spacial score (nSPS) is 14.4. The van der Waals surface area contributed by atoms with Crippen molar-refractivity contribution in [1.82, 2.24) is 15.5 Å². The van der Waals surface area contributed by atoms with Gasteiger partial charge in [-0.3, -0.25) is 9.79 Å². The first kappa shape index (κ1) is 20.9. The molecule has 0 saturated heterocycles. The predicted octanol–water partition coefficient (Wildman–Crippen LogP) is 1.80. The van der Waals surface area contributed by atoms with Crippen molar-refractivity contribution in [3.63, 3.8) is 0 Å². The summed E-state index contributed by atoms with van der Waals surface area (Å²) >= 11 is 0. The summed E-state index contributed by atoms with van der Waals surface area (Å²) in [7, 11) is 5.07. The number of hydrogen-bond donors (Lipinski definition) is 2. The van der Waals surface area contributed by atoms with Crippen LogP contribution in [0.1, 0.15) is 31.9 Å². The number of benzene rings is 1. The Balaban J connectivity index is 2.09. The van der Waals surface area contributed by atoms with Crippen molar-refractivity contribution < 1.29 is 14.3 Å². The van der Waals surface area contributed by atoms with Crippen LogP contribution in [0.25, 0.3) is 0 Å². The Kier molecular flexibility index (Phi) is 6.93. The summed E-state index contributed by atoms with van der Waals surface area (Å²) in [6, 6.07) is 4.09. The van der Waals surface area contributed by atoms with E-state index in [2.05, 4.69) is 26.6 Å². The van der Waals surface area contributed by atoms with Gasteiger partial charge in [-0.1, -0.05) is 0 Å². The second kappa shape index (κ2) is 8.97. The fourth-order valence-electron chi connectivity index (χ4n) is 3.18. The average molecular weight is 377 g/mol. The average Bonchev–Trinajstić information content (AvgIpc) is 2.67. The lowest BCUT2D eigenvalue weighted by molar-refractivity contribution is -0.128. The van der Waals surface area contributed by atoms with E-state index >= 15 is 0 Å². The second-order valence-corrected chi connectivity index (χ2v) is 7.29. The van der Waals surface area contributed by atoms with Crippen LogP contribution in [0, 0.1) is 5.41 Å². The largest absolute Gasteiger partial charge is 0.493 e. The number of fused-ring (bicyclic) bond motifs is 1. The number of aliphatic imine (C=N–C) groups is 1. The van der Waals surface area contributed by atoms with E-state index in [1.807, 2.05) is 26.8 Å². The molecule has 1 amide bonds. The van der Waals surface area contributed by atoms with Crippen LogP contribution in [0.2, 0.25) is 0 Å². The molecule has 0 saturated carbocycles. The maximum atomic E-state index is 12.2. The summed E-state index contributed by atoms with van der Waals surface area (Å²) in [5.41, 5.74) is 1.95. The van der Waals surface area contributed by atoms with Crippen LogP contribution in [0.4, 0.5) is 0 Å². The van der Waals surface area contributed by atoms with Gasteiger partial charge in [-0.25, -0.2) is 0 Å². The van der Waals surface area contributed by atoms with E-state index in [0.717, 1.165) is 37.0 Å². The number of rotatable bonds is 6. The third-order valence-electron chi connectivity index (χ3n) is 4.87. The van der Waals surface area contributed by atoms with Crippen LogP contribution in [-0.4, -0.2) is 57.7 Å². The molecule has 7 nitrogen and oxygen atoms in total. The van der Waals surface area contributed by atoms with E-state index in [9.17, 15) is 4.79 Å². The Morgan fingerprint density at radius 2 is 1.81 bits per heavy atom. The van der Waals surface area contributed by atoms with Gasteiger partial charge in [-0.2, -0.15) is 0 Å². The fraction of sp³-hybridized carbons (Fsp3) is 0.600. The summed E-state index contributed by atoms with van der Waals surface area (Å²) in [6.07, 6.45) is 0.899. The molecule has 2 N–H and O–H groups in total. The highest BCUT2D eigenvalue weighted by molar-refractivity contribution is 5.84. The molecule has 27 heavy (non-hydrogen) atoms. The van der Waals surface area contributed by atoms with E-state index in [0.29, 0.717) is 13.1 Å². The summed E-state index contributed by atoms with van der Waals surface area (Å²) in [5, 5.41) is 6.25. The lowest BCUT2D eigenvalue weighted by Gasteiger charge is -2.33. The van der Waals surface area contributed by atoms with Crippen LogP contribution in [0.3, 0.4) is 0 Å². The van der Waals surface area contributed by atoms with Crippen molar-refractivity contribution in [2.75, 3.05) is 40.9 Å².